The number of rotatable bonds is 2. The molecule has 0 aromatic rings. The molecule has 1 amide bonds. The average Bonchev–Trinajstić information content (AvgIpc) is 2.17. The van der Waals surface area contributed by atoms with Gasteiger partial charge in [0.05, 0.1) is 6.04 Å². The second kappa shape index (κ2) is 4.08. The van der Waals surface area contributed by atoms with Crippen LogP contribution in [0.25, 0.3) is 0 Å². The van der Waals surface area contributed by atoms with Crippen LogP contribution in [-0.2, 0) is 0 Å². The SMILES string of the molecule is N[C@@H](CF)C1(F)CCN(C(=O)O)CC1. The summed E-state index contributed by atoms with van der Waals surface area (Å²) in [6.07, 6.45) is -1.12. The Morgan fingerprint density at radius 2 is 2.07 bits per heavy atom. The van der Waals surface area contributed by atoms with Crippen molar-refractivity contribution < 1.29 is 18.7 Å². The Labute approximate surface area is 80.7 Å². The molecule has 0 spiro atoms. The van der Waals surface area contributed by atoms with E-state index < -0.39 is 24.5 Å². The second-order valence-electron chi connectivity index (χ2n) is 3.57. The summed E-state index contributed by atoms with van der Waals surface area (Å²) in [5.74, 6) is 0. The summed E-state index contributed by atoms with van der Waals surface area (Å²) >= 11 is 0. The monoisotopic (exact) mass is 208 g/mol. The number of alkyl halides is 2. The number of likely N-dealkylation sites (tertiary alicyclic amines) is 1. The Balaban J connectivity index is 2.52. The van der Waals surface area contributed by atoms with Crippen molar-refractivity contribution in [2.75, 3.05) is 19.8 Å². The Morgan fingerprint density at radius 3 is 2.43 bits per heavy atom. The van der Waals surface area contributed by atoms with Gasteiger partial charge in [-0.1, -0.05) is 0 Å². The van der Waals surface area contributed by atoms with Gasteiger partial charge in [0.25, 0.3) is 0 Å². The summed E-state index contributed by atoms with van der Waals surface area (Å²) in [5.41, 5.74) is 3.54. The van der Waals surface area contributed by atoms with Gasteiger partial charge < -0.3 is 15.7 Å². The fourth-order valence-electron chi connectivity index (χ4n) is 1.58. The zero-order chi connectivity index (χ0) is 10.8. The van der Waals surface area contributed by atoms with Crippen LogP contribution in [0.15, 0.2) is 0 Å². The number of halogens is 2. The molecule has 0 aromatic carbocycles. The van der Waals surface area contributed by atoms with Gasteiger partial charge in [-0.3, -0.25) is 0 Å². The van der Waals surface area contributed by atoms with Gasteiger partial charge in [0.15, 0.2) is 0 Å². The van der Waals surface area contributed by atoms with E-state index in [-0.39, 0.29) is 25.9 Å². The lowest BCUT2D eigenvalue weighted by atomic mass is 9.87. The van der Waals surface area contributed by atoms with Gasteiger partial charge in [0, 0.05) is 25.9 Å². The first-order chi connectivity index (χ1) is 6.49. The van der Waals surface area contributed by atoms with Crippen molar-refractivity contribution in [2.24, 2.45) is 5.73 Å². The molecular formula is C8H14F2N2O2. The maximum Gasteiger partial charge on any atom is 0.407 e. The third kappa shape index (κ3) is 2.12. The van der Waals surface area contributed by atoms with E-state index >= 15 is 0 Å². The molecule has 1 saturated heterocycles. The lowest BCUT2D eigenvalue weighted by molar-refractivity contribution is 0.0314. The van der Waals surface area contributed by atoms with Crippen LogP contribution < -0.4 is 5.73 Å². The lowest BCUT2D eigenvalue weighted by Crippen LogP contribution is -2.53. The Hall–Kier alpha value is -0.910. The first-order valence-corrected chi connectivity index (χ1v) is 4.48. The third-order valence-corrected chi connectivity index (χ3v) is 2.70. The van der Waals surface area contributed by atoms with Crippen molar-refractivity contribution in [3.05, 3.63) is 0 Å². The van der Waals surface area contributed by atoms with Crippen molar-refractivity contribution in [1.82, 2.24) is 4.90 Å². The number of carboxylic acid groups (broad SMARTS) is 1. The highest BCUT2D eigenvalue weighted by molar-refractivity contribution is 5.65. The van der Waals surface area contributed by atoms with Gasteiger partial charge in [-0.15, -0.1) is 0 Å². The van der Waals surface area contributed by atoms with Gasteiger partial charge in [-0.25, -0.2) is 13.6 Å². The molecule has 0 saturated carbocycles. The van der Waals surface area contributed by atoms with Crippen LogP contribution in [0.4, 0.5) is 13.6 Å². The van der Waals surface area contributed by atoms with E-state index in [9.17, 15) is 13.6 Å². The fraction of sp³-hybridized carbons (Fsp3) is 0.875. The van der Waals surface area contributed by atoms with Gasteiger partial charge in [0.1, 0.15) is 12.3 Å². The highest BCUT2D eigenvalue weighted by Crippen LogP contribution is 2.29. The molecule has 1 aliphatic heterocycles. The normalized spacial score (nSPS) is 23.2. The fourth-order valence-corrected chi connectivity index (χ4v) is 1.58. The quantitative estimate of drug-likeness (QED) is 0.704. The third-order valence-electron chi connectivity index (χ3n) is 2.70. The van der Waals surface area contributed by atoms with Crippen LogP contribution in [0.2, 0.25) is 0 Å². The van der Waals surface area contributed by atoms with E-state index in [1.54, 1.807) is 0 Å². The molecule has 0 aliphatic carbocycles. The number of amides is 1. The molecule has 6 heteroatoms. The molecule has 0 radical (unpaired) electrons. The zero-order valence-corrected chi connectivity index (χ0v) is 7.75. The Morgan fingerprint density at radius 1 is 1.57 bits per heavy atom. The molecule has 1 aliphatic rings. The minimum Gasteiger partial charge on any atom is -0.465 e. The largest absolute Gasteiger partial charge is 0.465 e. The van der Waals surface area contributed by atoms with Crippen molar-refractivity contribution in [3.8, 4) is 0 Å². The topological polar surface area (TPSA) is 66.6 Å². The van der Waals surface area contributed by atoms with Gasteiger partial charge in [0.2, 0.25) is 0 Å². The lowest BCUT2D eigenvalue weighted by Gasteiger charge is -2.37. The molecule has 14 heavy (non-hydrogen) atoms. The zero-order valence-electron chi connectivity index (χ0n) is 7.75. The van der Waals surface area contributed by atoms with E-state index in [2.05, 4.69) is 0 Å². The number of hydrogen-bond donors (Lipinski definition) is 2. The number of carbonyl (C=O) groups is 1. The number of nitrogens with two attached hydrogens (primary N) is 1. The Bertz CT molecular complexity index is 217. The van der Waals surface area contributed by atoms with Crippen LogP contribution >= 0.6 is 0 Å². The van der Waals surface area contributed by atoms with Crippen LogP contribution in [0.1, 0.15) is 12.8 Å². The molecule has 1 heterocycles. The summed E-state index contributed by atoms with van der Waals surface area (Å²) in [6, 6.07) is -1.14. The highest BCUT2D eigenvalue weighted by atomic mass is 19.1. The summed E-state index contributed by atoms with van der Waals surface area (Å²) in [4.78, 5) is 11.6. The molecule has 1 rings (SSSR count). The van der Waals surface area contributed by atoms with Crippen LogP contribution in [0.3, 0.4) is 0 Å². The van der Waals surface area contributed by atoms with E-state index in [1.165, 1.54) is 0 Å². The van der Waals surface area contributed by atoms with Crippen LogP contribution in [0.5, 0.6) is 0 Å². The summed E-state index contributed by atoms with van der Waals surface area (Å²) in [6.45, 7) is -0.747. The van der Waals surface area contributed by atoms with Crippen molar-refractivity contribution in [1.29, 1.82) is 0 Å². The summed E-state index contributed by atoms with van der Waals surface area (Å²) < 4.78 is 26.0. The highest BCUT2D eigenvalue weighted by Gasteiger charge is 2.41. The van der Waals surface area contributed by atoms with Crippen molar-refractivity contribution in [2.45, 2.75) is 24.6 Å². The maximum atomic E-state index is 13.8. The van der Waals surface area contributed by atoms with Gasteiger partial charge in [-0.05, 0) is 0 Å². The molecule has 0 aromatic heterocycles. The van der Waals surface area contributed by atoms with Crippen molar-refractivity contribution >= 4 is 6.09 Å². The number of piperidine rings is 1. The van der Waals surface area contributed by atoms with Gasteiger partial charge >= 0.3 is 6.09 Å². The molecule has 0 unspecified atom stereocenters. The molecule has 82 valence electrons. The van der Waals surface area contributed by atoms with Crippen LogP contribution in [0, 0.1) is 0 Å². The van der Waals surface area contributed by atoms with E-state index in [0.717, 1.165) is 4.90 Å². The summed E-state index contributed by atoms with van der Waals surface area (Å²) in [7, 11) is 0. The smallest absolute Gasteiger partial charge is 0.407 e. The Kier molecular flexibility index (Phi) is 3.25. The molecule has 1 fully saturated rings. The molecule has 1 atom stereocenters. The number of hydrogen-bond acceptors (Lipinski definition) is 2. The standard InChI is InChI=1S/C8H14F2N2O2/c9-5-6(11)8(10)1-3-12(4-2-8)7(13)14/h6H,1-5,11H2,(H,13,14)/t6-/m0/s1. The van der Waals surface area contributed by atoms with E-state index in [4.69, 9.17) is 10.8 Å². The first kappa shape index (κ1) is 11.2. The second-order valence-corrected chi connectivity index (χ2v) is 3.57. The molecule has 4 nitrogen and oxygen atoms in total. The maximum absolute atomic E-state index is 13.8. The van der Waals surface area contributed by atoms with Gasteiger partial charge in [-0.2, -0.15) is 0 Å². The first-order valence-electron chi connectivity index (χ1n) is 4.48. The van der Waals surface area contributed by atoms with E-state index in [1.807, 2.05) is 0 Å². The average molecular weight is 208 g/mol. The molecule has 3 N–H and O–H groups in total. The van der Waals surface area contributed by atoms with Crippen molar-refractivity contribution in [3.63, 3.8) is 0 Å². The van der Waals surface area contributed by atoms with E-state index in [0.29, 0.717) is 0 Å². The molecule has 0 bridgehead atoms. The predicted molar refractivity (Wildman–Crippen MR) is 46.6 cm³/mol. The predicted octanol–water partition coefficient (Wildman–Crippen LogP) is 0.765. The minimum absolute atomic E-state index is 0.0234. The number of nitrogens with zero attached hydrogens (tertiary/aromatic N) is 1. The minimum atomic E-state index is -1.75. The molecular weight excluding hydrogens is 194 g/mol. The summed E-state index contributed by atoms with van der Waals surface area (Å²) in [5, 5.41) is 8.60. The van der Waals surface area contributed by atoms with Crippen LogP contribution in [-0.4, -0.2) is 47.6 Å².